The second-order valence-electron chi connectivity index (χ2n) is 2.96. The summed E-state index contributed by atoms with van der Waals surface area (Å²) in [5.41, 5.74) is 0.473. The zero-order chi connectivity index (χ0) is 11.5. The minimum Gasteiger partial charge on any atom is -0.748 e. The average molecular weight is 268 g/mol. The first-order valence-electron chi connectivity index (χ1n) is 4.01. The molecule has 0 aliphatic heterocycles. The molecular weight excluding hydrogens is 261 g/mol. The molecule has 4 nitrogen and oxygen atoms in total. The van der Waals surface area contributed by atoms with Crippen LogP contribution < -0.4 is 29.6 Å². The quantitative estimate of drug-likeness (QED) is 0.493. The van der Waals surface area contributed by atoms with E-state index in [9.17, 15) is 13.0 Å². The van der Waals surface area contributed by atoms with Crippen molar-refractivity contribution < 1.29 is 42.5 Å². The maximum absolute atomic E-state index is 10.5. The van der Waals surface area contributed by atoms with Crippen molar-refractivity contribution in [1.29, 1.82) is 5.26 Å². The van der Waals surface area contributed by atoms with E-state index in [4.69, 9.17) is 16.9 Å². The third-order valence-corrected chi connectivity index (χ3v) is 2.79. The van der Waals surface area contributed by atoms with Gasteiger partial charge in [-0.2, -0.15) is 5.26 Å². The monoisotopic (exact) mass is 267 g/mol. The zero-order valence-corrected chi connectivity index (χ0v) is 12.1. The van der Waals surface area contributed by atoms with Crippen LogP contribution in [0.3, 0.4) is 0 Å². The summed E-state index contributed by atoms with van der Waals surface area (Å²) in [4.78, 5) is 0. The standard InChI is InChI=1S/C9H8ClNO3S.Na/c10-9-3-1-7(2-4-9)8(5-11)6-15(12,13)14;/h1-4,8H,6H2,(H,12,13,14);/q;+1/p-1. The second kappa shape index (κ2) is 6.60. The molecular formula is C9H7ClNNaO3S. The van der Waals surface area contributed by atoms with Gasteiger partial charge in [-0.25, -0.2) is 8.42 Å². The Morgan fingerprint density at radius 2 is 1.88 bits per heavy atom. The van der Waals surface area contributed by atoms with Crippen LogP contribution >= 0.6 is 11.6 Å². The molecule has 1 aromatic carbocycles. The van der Waals surface area contributed by atoms with E-state index in [1.54, 1.807) is 18.2 Å². The van der Waals surface area contributed by atoms with Crippen molar-refractivity contribution in [2.75, 3.05) is 5.75 Å². The molecule has 0 aliphatic carbocycles. The summed E-state index contributed by atoms with van der Waals surface area (Å²) in [6, 6.07) is 7.91. The van der Waals surface area contributed by atoms with E-state index in [0.29, 0.717) is 10.6 Å². The summed E-state index contributed by atoms with van der Waals surface area (Å²) in [6.45, 7) is 0. The fourth-order valence-corrected chi connectivity index (χ4v) is 1.91. The maximum atomic E-state index is 10.5. The number of hydrogen-bond donors (Lipinski definition) is 0. The van der Waals surface area contributed by atoms with Gasteiger partial charge in [0.1, 0.15) is 0 Å². The Balaban J connectivity index is 0.00000225. The Morgan fingerprint density at radius 3 is 2.25 bits per heavy atom. The number of nitrogens with zero attached hydrogens (tertiary/aromatic N) is 1. The Hall–Kier alpha value is -0.0900. The minimum absolute atomic E-state index is 0. The molecule has 0 saturated heterocycles. The SMILES string of the molecule is N#CC(CS(=O)(=O)[O-])c1ccc(Cl)cc1.[Na+]. The normalized spacial score (nSPS) is 12.3. The van der Waals surface area contributed by atoms with Gasteiger partial charge in [-0.1, -0.05) is 23.7 Å². The van der Waals surface area contributed by atoms with Crippen molar-refractivity contribution in [2.24, 2.45) is 0 Å². The predicted molar refractivity (Wildman–Crippen MR) is 54.4 cm³/mol. The molecule has 0 fully saturated rings. The molecule has 0 radical (unpaired) electrons. The van der Waals surface area contributed by atoms with E-state index in [1.165, 1.54) is 12.1 Å². The molecule has 1 rings (SSSR count). The van der Waals surface area contributed by atoms with E-state index in [1.807, 2.05) is 0 Å². The van der Waals surface area contributed by atoms with Crippen molar-refractivity contribution >= 4 is 21.7 Å². The first kappa shape index (κ1) is 15.9. The van der Waals surface area contributed by atoms with Crippen LogP contribution in [0.1, 0.15) is 11.5 Å². The molecule has 1 atom stereocenters. The van der Waals surface area contributed by atoms with Crippen LogP contribution in [0, 0.1) is 11.3 Å². The molecule has 1 unspecified atom stereocenters. The number of rotatable bonds is 3. The van der Waals surface area contributed by atoms with Crippen LogP contribution in [0.25, 0.3) is 0 Å². The fraction of sp³-hybridized carbons (Fsp3) is 0.222. The summed E-state index contributed by atoms with van der Waals surface area (Å²) in [5, 5.41) is 9.21. The Bertz CT molecular complexity index is 480. The fourth-order valence-electron chi connectivity index (χ4n) is 1.11. The predicted octanol–water partition coefficient (Wildman–Crippen LogP) is -1.50. The Kier molecular flexibility index (Phi) is 6.56. The van der Waals surface area contributed by atoms with Crippen LogP contribution in [-0.2, 0) is 10.1 Å². The van der Waals surface area contributed by atoms with Crippen LogP contribution in [0.5, 0.6) is 0 Å². The van der Waals surface area contributed by atoms with Crippen molar-refractivity contribution in [2.45, 2.75) is 5.92 Å². The van der Waals surface area contributed by atoms with E-state index in [-0.39, 0.29) is 29.6 Å². The maximum Gasteiger partial charge on any atom is 1.00 e. The van der Waals surface area contributed by atoms with Gasteiger partial charge in [-0.05, 0) is 17.7 Å². The summed E-state index contributed by atoms with van der Waals surface area (Å²) >= 11 is 5.63. The number of halogens is 1. The van der Waals surface area contributed by atoms with Crippen LogP contribution in [0.15, 0.2) is 24.3 Å². The average Bonchev–Trinajstić information content (AvgIpc) is 2.14. The van der Waals surface area contributed by atoms with Gasteiger partial charge in [0.15, 0.2) is 0 Å². The zero-order valence-electron chi connectivity index (χ0n) is 8.55. The first-order chi connectivity index (χ1) is 6.92. The van der Waals surface area contributed by atoms with Crippen molar-refractivity contribution in [3.8, 4) is 6.07 Å². The third kappa shape index (κ3) is 5.30. The minimum atomic E-state index is -4.40. The van der Waals surface area contributed by atoms with Gasteiger partial charge in [-0.3, -0.25) is 0 Å². The first-order valence-corrected chi connectivity index (χ1v) is 5.96. The van der Waals surface area contributed by atoms with Gasteiger partial charge in [-0.15, -0.1) is 0 Å². The second-order valence-corrected chi connectivity index (χ2v) is 4.84. The molecule has 0 bridgehead atoms. The molecule has 0 N–H and O–H groups in total. The molecule has 0 aliphatic rings. The van der Waals surface area contributed by atoms with Gasteiger partial charge in [0.2, 0.25) is 0 Å². The molecule has 80 valence electrons. The van der Waals surface area contributed by atoms with E-state index >= 15 is 0 Å². The third-order valence-electron chi connectivity index (χ3n) is 1.80. The Labute approximate surface area is 121 Å². The molecule has 0 aromatic heterocycles. The summed E-state index contributed by atoms with van der Waals surface area (Å²) < 4.78 is 31.5. The summed E-state index contributed by atoms with van der Waals surface area (Å²) in [5.74, 6) is -1.66. The molecule has 0 heterocycles. The van der Waals surface area contributed by atoms with Crippen molar-refractivity contribution in [3.63, 3.8) is 0 Å². The van der Waals surface area contributed by atoms with Crippen LogP contribution in [0.2, 0.25) is 5.02 Å². The largest absolute Gasteiger partial charge is 1.00 e. The van der Waals surface area contributed by atoms with E-state index in [0.717, 1.165) is 0 Å². The van der Waals surface area contributed by atoms with Crippen molar-refractivity contribution in [3.05, 3.63) is 34.9 Å². The number of hydrogen-bond acceptors (Lipinski definition) is 4. The number of nitriles is 1. The van der Waals surface area contributed by atoms with Gasteiger partial charge in [0.05, 0.1) is 27.9 Å². The van der Waals surface area contributed by atoms with E-state index in [2.05, 4.69) is 0 Å². The summed E-state index contributed by atoms with van der Waals surface area (Å²) in [7, 11) is -4.40. The van der Waals surface area contributed by atoms with Crippen molar-refractivity contribution in [1.82, 2.24) is 0 Å². The number of benzene rings is 1. The van der Waals surface area contributed by atoms with E-state index < -0.39 is 21.8 Å². The summed E-state index contributed by atoms with van der Waals surface area (Å²) in [6.07, 6.45) is 0. The van der Waals surface area contributed by atoms with Crippen LogP contribution in [-0.4, -0.2) is 18.7 Å². The van der Waals surface area contributed by atoms with Gasteiger partial charge in [0, 0.05) is 5.02 Å². The molecule has 0 amide bonds. The molecule has 7 heteroatoms. The Morgan fingerprint density at radius 1 is 1.38 bits per heavy atom. The molecule has 0 saturated carbocycles. The van der Waals surface area contributed by atoms with Gasteiger partial charge >= 0.3 is 29.6 Å². The van der Waals surface area contributed by atoms with Gasteiger partial charge in [0.25, 0.3) is 0 Å². The van der Waals surface area contributed by atoms with Crippen LogP contribution in [0.4, 0.5) is 0 Å². The van der Waals surface area contributed by atoms with Gasteiger partial charge < -0.3 is 4.55 Å². The molecule has 1 aromatic rings. The molecule has 16 heavy (non-hydrogen) atoms. The smallest absolute Gasteiger partial charge is 0.748 e. The molecule has 0 spiro atoms. The topological polar surface area (TPSA) is 81.0 Å².